The first-order chi connectivity index (χ1) is 31.5. The van der Waals surface area contributed by atoms with Crippen molar-refractivity contribution in [1.29, 1.82) is 0 Å². The van der Waals surface area contributed by atoms with E-state index in [-0.39, 0.29) is 37.5 Å². The zero-order chi connectivity index (χ0) is 47.1. The van der Waals surface area contributed by atoms with E-state index in [0.717, 1.165) is 33.4 Å². The minimum atomic E-state index is -2.33. The van der Waals surface area contributed by atoms with Gasteiger partial charge in [0.15, 0.2) is 5.60 Å². The quantitative estimate of drug-likeness (QED) is 0.0880. The molecule has 2 aromatic carbocycles. The first-order valence-corrected chi connectivity index (χ1v) is 24.1. The van der Waals surface area contributed by atoms with Gasteiger partial charge in [-0.2, -0.15) is 0 Å². The van der Waals surface area contributed by atoms with Crippen LogP contribution in [0.1, 0.15) is 88.6 Å². The van der Waals surface area contributed by atoms with Crippen LogP contribution in [0.4, 0.5) is 5.69 Å². The van der Waals surface area contributed by atoms with E-state index >= 15 is 4.79 Å². The Labute approximate surface area is 388 Å². The summed E-state index contributed by atoms with van der Waals surface area (Å²) in [5.41, 5.74) is 4.19. The van der Waals surface area contributed by atoms with Crippen LogP contribution in [0.2, 0.25) is 0 Å². The van der Waals surface area contributed by atoms with Crippen LogP contribution in [0, 0.1) is 17.3 Å². The van der Waals surface area contributed by atoms with E-state index in [1.165, 1.54) is 7.11 Å². The fourth-order valence-corrected chi connectivity index (χ4v) is 14.0. The number of aromatic amines is 1. The summed E-state index contributed by atoms with van der Waals surface area (Å²) in [5.74, 6) is -1.43. The maximum atomic E-state index is 15.4. The highest BCUT2D eigenvalue weighted by atomic mass is 16.5. The number of anilines is 1. The van der Waals surface area contributed by atoms with Crippen molar-refractivity contribution in [2.24, 2.45) is 23.0 Å². The lowest BCUT2D eigenvalue weighted by molar-refractivity contribution is -0.203. The molecule has 1 saturated carbocycles. The second kappa shape index (κ2) is 16.9. The topological polar surface area (TPSA) is 203 Å². The number of piperidine rings is 1. The molecule has 4 unspecified atom stereocenters. The number of H-pyrrole nitrogens is 1. The highest BCUT2D eigenvalue weighted by Gasteiger charge is 2.78. The van der Waals surface area contributed by atoms with Gasteiger partial charge in [0.1, 0.15) is 23.3 Å². The fourth-order valence-electron chi connectivity index (χ4n) is 14.0. The number of benzene rings is 2. The molecule has 2 saturated heterocycles. The minimum absolute atomic E-state index is 0.0249. The van der Waals surface area contributed by atoms with Gasteiger partial charge in [0.05, 0.1) is 32.5 Å². The second-order valence-electron chi connectivity index (χ2n) is 20.7. The van der Waals surface area contributed by atoms with E-state index in [1.54, 1.807) is 7.11 Å². The average Bonchev–Trinajstić information content (AvgIpc) is 3.98. The molecule has 15 nitrogen and oxygen atoms in total. The number of methoxy groups -OCH3 is 2. The third-order valence-corrected chi connectivity index (χ3v) is 17.0. The Kier molecular flexibility index (Phi) is 11.9. The molecule has 7 N–H and O–H groups in total. The molecule has 5 aliphatic heterocycles. The van der Waals surface area contributed by atoms with Gasteiger partial charge in [-0.1, -0.05) is 58.0 Å². The molecule has 1 aromatic heterocycles. The number of nitrogens with two attached hydrogens (primary N) is 1. The zero-order valence-electron chi connectivity index (χ0n) is 39.7. The lowest BCUT2D eigenvalue weighted by Crippen LogP contribution is -2.81. The maximum Gasteiger partial charge on any atom is 0.323 e. The van der Waals surface area contributed by atoms with E-state index in [4.69, 9.17) is 19.9 Å². The highest BCUT2D eigenvalue weighted by Crippen LogP contribution is 2.67. The third kappa shape index (κ3) is 6.61. The van der Waals surface area contributed by atoms with E-state index in [1.807, 2.05) is 76.1 Å². The van der Waals surface area contributed by atoms with E-state index in [9.17, 15) is 24.9 Å². The summed E-state index contributed by atoms with van der Waals surface area (Å²) < 4.78 is 17.8. The van der Waals surface area contributed by atoms with Crippen molar-refractivity contribution >= 4 is 34.4 Å². The number of para-hydroxylation sites is 1. The summed E-state index contributed by atoms with van der Waals surface area (Å²) in [5, 5.41) is 42.3. The van der Waals surface area contributed by atoms with Crippen LogP contribution in [-0.4, -0.2) is 151 Å². The summed E-state index contributed by atoms with van der Waals surface area (Å²) in [6.07, 6.45) is 5.86. The predicted molar refractivity (Wildman–Crippen MR) is 250 cm³/mol. The number of hydrogen-bond donors (Lipinski definition) is 6. The molecule has 1 spiro atoms. The maximum absolute atomic E-state index is 15.4. The Morgan fingerprint density at radius 1 is 1.03 bits per heavy atom. The molecule has 2 bridgehead atoms. The van der Waals surface area contributed by atoms with Gasteiger partial charge < -0.3 is 50.5 Å². The monoisotopic (exact) mass is 911 g/mol. The number of carbonyl (C=O) groups excluding carboxylic acids is 3. The molecular weight excluding hydrogens is 841 g/mol. The lowest BCUT2D eigenvalue weighted by Gasteiger charge is -2.63. The van der Waals surface area contributed by atoms with Crippen LogP contribution in [0.5, 0.6) is 5.75 Å². The summed E-state index contributed by atoms with van der Waals surface area (Å²) in [7, 11) is 4.90. The third-order valence-electron chi connectivity index (χ3n) is 17.0. The normalized spacial score (nSPS) is 34.9. The standard InChI is InChI=1S/C51H70N6O9/c1-8-47(62)26-31-27-50(46(61)65-7,40-33(16-21-56(28-31)29-47)32-14-10-11-15-36(32)54-40)35-24-34-37(25-38(35)64-6)55(5)43-49(34)18-22-57-20-12-17-48(9-2,42(49)57)44(59)51(43,63)45(60)53-19-13-23-66-41(58)39(52)30(3)4/h10-12,14-15,17,24-25,30-31,39,42-44,54,59,62-63H,8-9,13,16,18-23,26-29,52H2,1-7H3,(H,53,60)/t31-,39?,42?,43?,44-,47?,48-,49-,50+,51+/m1/s1. The Morgan fingerprint density at radius 2 is 1.80 bits per heavy atom. The van der Waals surface area contributed by atoms with Crippen LogP contribution in [0.15, 0.2) is 48.6 Å². The summed E-state index contributed by atoms with van der Waals surface area (Å²) in [6.45, 7) is 11.1. The molecule has 1 aliphatic carbocycles. The number of aliphatic hydroxyl groups excluding tert-OH is 1. The van der Waals surface area contributed by atoms with Crippen molar-refractivity contribution in [3.05, 3.63) is 70.9 Å². The second-order valence-corrected chi connectivity index (χ2v) is 20.7. The zero-order valence-corrected chi connectivity index (χ0v) is 39.7. The van der Waals surface area contributed by atoms with Crippen LogP contribution >= 0.6 is 0 Å². The predicted octanol–water partition coefficient (Wildman–Crippen LogP) is 3.28. The molecule has 3 aromatic rings. The van der Waals surface area contributed by atoms with E-state index < -0.39 is 63.5 Å². The van der Waals surface area contributed by atoms with Gasteiger partial charge in [-0.05, 0) is 86.6 Å². The number of likely N-dealkylation sites (N-methyl/N-ethyl adjacent to an activating group) is 1. The smallest absolute Gasteiger partial charge is 0.323 e. The molecule has 15 heteroatoms. The molecule has 11 atom stereocenters. The number of nitrogens with zero attached hydrogens (tertiary/aromatic N) is 3. The number of hydrogen-bond acceptors (Lipinski definition) is 13. The van der Waals surface area contributed by atoms with E-state index in [2.05, 4.69) is 32.2 Å². The summed E-state index contributed by atoms with van der Waals surface area (Å²) in [6, 6.07) is 10.2. The number of nitrogens with one attached hydrogen (secondary N) is 2. The number of aliphatic hydroxyl groups is 3. The fraction of sp³-hybridized carbons (Fsp3) is 0.627. The number of carbonyl (C=O) groups is 3. The van der Waals surface area contributed by atoms with Crippen LogP contribution in [0.25, 0.3) is 10.9 Å². The molecule has 6 heterocycles. The molecule has 3 fully saturated rings. The molecule has 358 valence electrons. The van der Waals surface area contributed by atoms with Gasteiger partial charge in [-0.3, -0.25) is 24.2 Å². The molecule has 0 radical (unpaired) electrons. The van der Waals surface area contributed by atoms with Gasteiger partial charge in [0, 0.05) is 90.6 Å². The van der Waals surface area contributed by atoms with Crippen LogP contribution in [-0.2, 0) is 41.1 Å². The number of ether oxygens (including phenoxy) is 3. The Bertz CT molecular complexity index is 2420. The number of esters is 2. The van der Waals surface area contributed by atoms with Crippen molar-refractivity contribution in [2.75, 3.05) is 72.0 Å². The van der Waals surface area contributed by atoms with Gasteiger partial charge >= 0.3 is 11.9 Å². The average molecular weight is 911 g/mol. The molecule has 9 rings (SSSR count). The number of rotatable bonds is 12. The van der Waals surface area contributed by atoms with Gasteiger partial charge in [0.25, 0.3) is 5.91 Å². The van der Waals surface area contributed by atoms with Crippen molar-refractivity contribution in [3.63, 3.8) is 0 Å². The number of fused-ring (bicyclic) bond motifs is 6. The number of amides is 1. The first kappa shape index (κ1) is 46.6. The highest BCUT2D eigenvalue weighted by molar-refractivity contribution is 5.95. The van der Waals surface area contributed by atoms with Gasteiger partial charge in [-0.15, -0.1) is 0 Å². The molecule has 6 aliphatic rings. The van der Waals surface area contributed by atoms with Crippen molar-refractivity contribution < 1.29 is 43.9 Å². The Morgan fingerprint density at radius 3 is 2.52 bits per heavy atom. The van der Waals surface area contributed by atoms with Gasteiger partial charge in [-0.25, -0.2) is 0 Å². The summed E-state index contributed by atoms with van der Waals surface area (Å²) >= 11 is 0. The summed E-state index contributed by atoms with van der Waals surface area (Å²) in [4.78, 5) is 53.3. The van der Waals surface area contributed by atoms with Crippen molar-refractivity contribution in [1.82, 2.24) is 20.1 Å². The van der Waals surface area contributed by atoms with Crippen LogP contribution in [0.3, 0.4) is 0 Å². The Hall–Kier alpha value is -4.51. The first-order valence-electron chi connectivity index (χ1n) is 24.1. The van der Waals surface area contributed by atoms with Crippen molar-refractivity contribution in [3.8, 4) is 5.75 Å². The molecule has 66 heavy (non-hydrogen) atoms. The minimum Gasteiger partial charge on any atom is -0.496 e. The Balaban J connectivity index is 1.22. The number of aromatic nitrogens is 1. The van der Waals surface area contributed by atoms with Crippen LogP contribution < -0.4 is 20.7 Å². The largest absolute Gasteiger partial charge is 0.496 e. The lowest BCUT2D eigenvalue weighted by atomic mass is 9.47. The molecular formula is C51H70N6O9. The molecule has 1 amide bonds. The van der Waals surface area contributed by atoms with E-state index in [0.29, 0.717) is 82.6 Å². The van der Waals surface area contributed by atoms with Crippen molar-refractivity contribution in [2.45, 2.75) is 119 Å². The van der Waals surface area contributed by atoms with Gasteiger partial charge in [0.2, 0.25) is 0 Å². The SMILES string of the molecule is CCC1(O)C[C@H]2C[N@](CCc3c([nH]c4ccccc34)[C@@](C(=O)OC)(c3cc4c(cc3OC)N(C)C3[C@]45CCN4CC=C[C@](CC)(C45)[C@@H](O)[C@]3(O)C(=O)NCCCOC(=O)C(N)C(C)C)C2)C1.